The molecule has 0 saturated heterocycles. The van der Waals surface area contributed by atoms with Crippen LogP contribution in [-0.2, 0) is 9.53 Å². The normalized spacial score (nSPS) is 15.8. The lowest BCUT2D eigenvalue weighted by Crippen LogP contribution is -1.87. The van der Waals surface area contributed by atoms with Crippen LogP contribution in [0.25, 0.3) is 0 Å². The Bertz CT molecular complexity index is 145. The van der Waals surface area contributed by atoms with E-state index >= 15 is 0 Å². The van der Waals surface area contributed by atoms with Crippen molar-refractivity contribution in [3.63, 3.8) is 0 Å². The number of rotatable bonds is 1. The average Bonchev–Trinajstić information content (AvgIpc) is 1.90. The number of allylic oxidation sites excluding steroid dienone is 2. The number of aldehydes is 1. The van der Waals surface area contributed by atoms with E-state index < -0.39 is 0 Å². The Morgan fingerprint density at radius 1 is 1.75 bits per heavy atom. The third-order valence-corrected chi connectivity index (χ3v) is 0.786. The van der Waals surface area contributed by atoms with Crippen molar-refractivity contribution in [2.45, 2.75) is 0 Å². The third kappa shape index (κ3) is 0.904. The fourth-order valence-corrected chi connectivity index (χ4v) is 0.420. The van der Waals surface area contributed by atoms with Crippen LogP contribution in [0.1, 0.15) is 0 Å². The minimum atomic E-state index is 0.563. The average molecular weight is 109 g/mol. The summed E-state index contributed by atoms with van der Waals surface area (Å²) in [7, 11) is 0. The Hall–Kier alpha value is -1.18. The van der Waals surface area contributed by atoms with Crippen LogP contribution in [0.15, 0.2) is 24.0 Å². The van der Waals surface area contributed by atoms with Gasteiger partial charge in [-0.2, -0.15) is 12.2 Å². The van der Waals surface area contributed by atoms with Gasteiger partial charge in [-0.15, -0.1) is 0 Å². The summed E-state index contributed by atoms with van der Waals surface area (Å²) >= 11 is 0. The van der Waals surface area contributed by atoms with Crippen molar-refractivity contribution in [3.05, 3.63) is 30.6 Å². The first-order valence-electron chi connectivity index (χ1n) is 2.24. The summed E-state index contributed by atoms with van der Waals surface area (Å²) in [6, 6.07) is 0. The molecule has 0 aromatic heterocycles. The number of ether oxygens (including phenoxy) is 1. The molecule has 1 aliphatic heterocycles. The molecule has 1 heterocycles. The van der Waals surface area contributed by atoms with E-state index in [1.807, 2.05) is 0 Å². The maximum Gasteiger partial charge on any atom is 0.135 e. The van der Waals surface area contributed by atoms with Gasteiger partial charge >= 0.3 is 0 Å². The summed E-state index contributed by atoms with van der Waals surface area (Å²) in [5, 5.41) is 0. The van der Waals surface area contributed by atoms with E-state index in [9.17, 15) is 4.79 Å². The van der Waals surface area contributed by atoms with Crippen LogP contribution < -0.4 is 0 Å². The molecule has 0 aromatic carbocycles. The second-order valence-corrected chi connectivity index (χ2v) is 1.37. The molecule has 0 atom stereocenters. The Labute approximate surface area is 47.5 Å². The predicted octanol–water partition coefficient (Wildman–Crippen LogP) is 0.817. The molecule has 0 amide bonds. The van der Waals surface area contributed by atoms with Gasteiger partial charge in [0.25, 0.3) is 0 Å². The van der Waals surface area contributed by atoms with Crippen molar-refractivity contribution in [1.29, 1.82) is 0 Å². The highest BCUT2D eigenvalue weighted by Gasteiger charge is 1.83. The molecule has 0 N–H and O–H groups in total. The maximum absolute atomic E-state index is 9.95. The SMILES string of the molecule is O=CC1=CO[CH-]C=C1. The summed E-state index contributed by atoms with van der Waals surface area (Å²) in [6.07, 6.45) is 5.48. The highest BCUT2D eigenvalue weighted by Crippen LogP contribution is 2.01. The Morgan fingerprint density at radius 2 is 2.62 bits per heavy atom. The van der Waals surface area contributed by atoms with E-state index in [2.05, 4.69) is 4.74 Å². The first-order valence-corrected chi connectivity index (χ1v) is 2.24. The summed E-state index contributed by atoms with van der Waals surface area (Å²) in [5.41, 5.74) is 0.563. The first-order chi connectivity index (χ1) is 3.93. The van der Waals surface area contributed by atoms with E-state index in [0.29, 0.717) is 5.57 Å². The zero-order valence-corrected chi connectivity index (χ0v) is 4.20. The van der Waals surface area contributed by atoms with Gasteiger partial charge in [0.2, 0.25) is 0 Å². The fourth-order valence-electron chi connectivity index (χ4n) is 0.420. The van der Waals surface area contributed by atoms with Crippen molar-refractivity contribution in [1.82, 2.24) is 0 Å². The summed E-state index contributed by atoms with van der Waals surface area (Å²) in [5.74, 6) is 0. The van der Waals surface area contributed by atoms with Crippen molar-refractivity contribution < 1.29 is 9.53 Å². The molecule has 0 saturated carbocycles. The van der Waals surface area contributed by atoms with Gasteiger partial charge in [0, 0.05) is 0 Å². The Kier molecular flexibility index (Phi) is 1.37. The van der Waals surface area contributed by atoms with Crippen molar-refractivity contribution in [2.24, 2.45) is 0 Å². The zero-order chi connectivity index (χ0) is 5.82. The van der Waals surface area contributed by atoms with E-state index in [4.69, 9.17) is 0 Å². The molecule has 0 unspecified atom stereocenters. The smallest absolute Gasteiger partial charge is 0.135 e. The largest absolute Gasteiger partial charge is 0.559 e. The molecule has 2 nitrogen and oxygen atoms in total. The molecule has 0 fully saturated rings. The van der Waals surface area contributed by atoms with Crippen LogP contribution in [0.2, 0.25) is 0 Å². The van der Waals surface area contributed by atoms with E-state index in [1.165, 1.54) is 12.9 Å². The van der Waals surface area contributed by atoms with Crippen LogP contribution in [0, 0.1) is 6.61 Å². The number of carbonyl (C=O) groups excluding carboxylic acids is 1. The second kappa shape index (κ2) is 2.21. The molecule has 0 aliphatic carbocycles. The predicted molar refractivity (Wildman–Crippen MR) is 28.7 cm³/mol. The monoisotopic (exact) mass is 109 g/mol. The highest BCUT2D eigenvalue weighted by atomic mass is 16.5. The van der Waals surface area contributed by atoms with Gasteiger partial charge in [0.05, 0.1) is 6.26 Å². The van der Waals surface area contributed by atoms with E-state index in [-0.39, 0.29) is 0 Å². The van der Waals surface area contributed by atoms with Gasteiger partial charge in [0.1, 0.15) is 6.29 Å². The number of hydrogen-bond acceptors (Lipinski definition) is 2. The lowest BCUT2D eigenvalue weighted by molar-refractivity contribution is -0.104. The number of hydrogen-bond donors (Lipinski definition) is 0. The van der Waals surface area contributed by atoms with Crippen LogP contribution in [0.3, 0.4) is 0 Å². The Morgan fingerprint density at radius 3 is 3.00 bits per heavy atom. The quantitative estimate of drug-likeness (QED) is 0.368. The zero-order valence-electron chi connectivity index (χ0n) is 4.20. The lowest BCUT2D eigenvalue weighted by Gasteiger charge is -2.09. The van der Waals surface area contributed by atoms with Gasteiger partial charge in [-0.25, -0.2) is 0 Å². The standard InChI is InChI=1S/C6H5O2/c7-4-6-2-1-3-8-5-6/h1-5H/q-1. The van der Waals surface area contributed by atoms with Gasteiger partial charge < -0.3 is 4.74 Å². The summed E-state index contributed by atoms with van der Waals surface area (Å²) in [6.45, 7) is 1.51. The van der Waals surface area contributed by atoms with Crippen LogP contribution in [0.4, 0.5) is 0 Å². The molecule has 0 radical (unpaired) electrons. The molecular weight excluding hydrogens is 104 g/mol. The van der Waals surface area contributed by atoms with Crippen LogP contribution in [-0.4, -0.2) is 6.29 Å². The molecule has 0 aromatic rings. The minimum absolute atomic E-state index is 0.563. The summed E-state index contributed by atoms with van der Waals surface area (Å²) < 4.78 is 4.67. The molecular formula is C6H5O2-. The number of carbonyl (C=O) groups is 1. The first kappa shape index (κ1) is 4.97. The van der Waals surface area contributed by atoms with Crippen molar-refractivity contribution in [3.8, 4) is 0 Å². The van der Waals surface area contributed by atoms with Gasteiger partial charge in [0.15, 0.2) is 0 Å². The van der Waals surface area contributed by atoms with Crippen molar-refractivity contribution >= 4 is 6.29 Å². The Balaban J connectivity index is 2.64. The third-order valence-electron chi connectivity index (χ3n) is 0.786. The minimum Gasteiger partial charge on any atom is -0.559 e. The molecule has 0 spiro atoms. The van der Waals surface area contributed by atoms with Gasteiger partial charge in [-0.1, -0.05) is 6.61 Å². The summed E-state index contributed by atoms with van der Waals surface area (Å²) in [4.78, 5) is 9.95. The van der Waals surface area contributed by atoms with E-state index in [0.717, 1.165) is 6.29 Å². The molecule has 0 bridgehead atoms. The van der Waals surface area contributed by atoms with Gasteiger partial charge in [-0.3, -0.25) is 4.79 Å². The molecule has 1 rings (SSSR count). The van der Waals surface area contributed by atoms with Gasteiger partial charge in [-0.05, 0) is 5.57 Å². The lowest BCUT2D eigenvalue weighted by atomic mass is 10.3. The van der Waals surface area contributed by atoms with Crippen LogP contribution >= 0.6 is 0 Å². The highest BCUT2D eigenvalue weighted by molar-refractivity contribution is 5.77. The van der Waals surface area contributed by atoms with E-state index in [1.54, 1.807) is 12.2 Å². The molecule has 42 valence electrons. The second-order valence-electron chi connectivity index (χ2n) is 1.37. The van der Waals surface area contributed by atoms with Crippen molar-refractivity contribution in [2.75, 3.05) is 0 Å². The molecule has 1 aliphatic rings. The molecule has 2 heteroatoms. The van der Waals surface area contributed by atoms with Crippen LogP contribution in [0.5, 0.6) is 0 Å². The topological polar surface area (TPSA) is 26.3 Å². The fraction of sp³-hybridized carbons (Fsp3) is 0. The maximum atomic E-state index is 9.95. The molecule has 8 heavy (non-hydrogen) atoms.